The maximum absolute atomic E-state index is 12.8. The van der Waals surface area contributed by atoms with Gasteiger partial charge in [0.25, 0.3) is 11.6 Å². The van der Waals surface area contributed by atoms with Crippen LogP contribution in [0.3, 0.4) is 0 Å². The minimum atomic E-state index is -0.436. The average molecular weight is 340 g/mol. The summed E-state index contributed by atoms with van der Waals surface area (Å²) in [5.74, 6) is -0.111. The Morgan fingerprint density at radius 2 is 1.80 bits per heavy atom. The van der Waals surface area contributed by atoms with Gasteiger partial charge in [-0.05, 0) is 13.0 Å². The van der Waals surface area contributed by atoms with Gasteiger partial charge in [-0.2, -0.15) is 0 Å². The van der Waals surface area contributed by atoms with Gasteiger partial charge in [-0.1, -0.05) is 36.4 Å². The van der Waals surface area contributed by atoms with Gasteiger partial charge in [-0.15, -0.1) is 0 Å². The average Bonchev–Trinajstić information content (AvgIpc) is 2.62. The lowest BCUT2D eigenvalue weighted by atomic mass is 10.1. The standard InChI is InChI=1S/C19H21N3O3/c1-15-17(8-5-9-18(15)22(24)25)19(23)21-12-10-20(11-13-21)14-16-6-3-2-4-7-16/h2-9H,10-14H2,1H3/p+1. The molecule has 25 heavy (non-hydrogen) atoms. The molecule has 0 unspecified atom stereocenters. The van der Waals surface area contributed by atoms with Crippen LogP contribution < -0.4 is 4.90 Å². The summed E-state index contributed by atoms with van der Waals surface area (Å²) >= 11 is 0. The molecule has 1 amide bonds. The van der Waals surface area contributed by atoms with Crippen LogP contribution in [0.1, 0.15) is 21.5 Å². The molecule has 0 bridgehead atoms. The molecule has 6 nitrogen and oxygen atoms in total. The summed E-state index contributed by atoms with van der Waals surface area (Å²) in [5.41, 5.74) is 2.17. The second-order valence-electron chi connectivity index (χ2n) is 6.41. The van der Waals surface area contributed by atoms with Gasteiger partial charge in [-0.25, -0.2) is 0 Å². The molecule has 0 spiro atoms. The summed E-state index contributed by atoms with van der Waals surface area (Å²) in [4.78, 5) is 26.6. The van der Waals surface area contributed by atoms with Crippen LogP contribution in [0.4, 0.5) is 5.69 Å². The fraction of sp³-hybridized carbons (Fsp3) is 0.316. The van der Waals surface area contributed by atoms with Crippen LogP contribution in [0.5, 0.6) is 0 Å². The van der Waals surface area contributed by atoms with Gasteiger partial charge in [-0.3, -0.25) is 14.9 Å². The molecule has 3 rings (SSSR count). The summed E-state index contributed by atoms with van der Waals surface area (Å²) in [5, 5.41) is 11.1. The molecule has 1 fully saturated rings. The van der Waals surface area contributed by atoms with Crippen molar-refractivity contribution in [2.24, 2.45) is 0 Å². The molecule has 1 aliphatic rings. The molecule has 1 saturated heterocycles. The van der Waals surface area contributed by atoms with E-state index in [1.54, 1.807) is 24.0 Å². The van der Waals surface area contributed by atoms with Gasteiger partial charge >= 0.3 is 0 Å². The van der Waals surface area contributed by atoms with E-state index in [1.807, 2.05) is 18.2 Å². The number of amides is 1. The topological polar surface area (TPSA) is 67.9 Å². The van der Waals surface area contributed by atoms with Crippen LogP contribution in [0.25, 0.3) is 0 Å². The van der Waals surface area contributed by atoms with E-state index in [0.717, 1.165) is 19.6 Å². The lowest BCUT2D eigenvalue weighted by molar-refractivity contribution is -0.917. The Morgan fingerprint density at radius 3 is 2.44 bits per heavy atom. The second kappa shape index (κ2) is 7.44. The Bertz CT molecular complexity index is 769. The van der Waals surface area contributed by atoms with Crippen LogP contribution in [-0.4, -0.2) is 41.9 Å². The van der Waals surface area contributed by atoms with Crippen molar-refractivity contribution in [1.82, 2.24) is 4.90 Å². The summed E-state index contributed by atoms with van der Waals surface area (Å²) < 4.78 is 0. The first-order chi connectivity index (χ1) is 12.1. The number of nitro groups is 1. The van der Waals surface area contributed by atoms with E-state index in [0.29, 0.717) is 24.2 Å². The summed E-state index contributed by atoms with van der Waals surface area (Å²) in [6.45, 7) is 5.70. The van der Waals surface area contributed by atoms with E-state index >= 15 is 0 Å². The first kappa shape index (κ1) is 17.1. The van der Waals surface area contributed by atoms with Crippen LogP contribution in [0.15, 0.2) is 48.5 Å². The minimum absolute atomic E-state index is 0.000751. The SMILES string of the molecule is Cc1c(C(=O)N2CC[NH+](Cc3ccccc3)CC2)cccc1[N+](=O)[O-]. The van der Waals surface area contributed by atoms with Crippen LogP contribution >= 0.6 is 0 Å². The van der Waals surface area contributed by atoms with E-state index in [9.17, 15) is 14.9 Å². The third-order valence-corrected chi connectivity index (χ3v) is 4.79. The van der Waals surface area contributed by atoms with Crippen LogP contribution in [0, 0.1) is 17.0 Å². The van der Waals surface area contributed by atoms with Crippen molar-refractivity contribution in [1.29, 1.82) is 0 Å². The summed E-state index contributed by atoms with van der Waals surface area (Å²) in [7, 11) is 0. The normalized spacial score (nSPS) is 15.2. The lowest BCUT2D eigenvalue weighted by Crippen LogP contribution is -3.13. The number of nitrogens with zero attached hydrogens (tertiary/aromatic N) is 2. The Hall–Kier alpha value is -2.73. The smallest absolute Gasteiger partial charge is 0.273 e. The fourth-order valence-corrected chi connectivity index (χ4v) is 3.31. The van der Waals surface area contributed by atoms with Crippen LogP contribution in [0.2, 0.25) is 0 Å². The molecular formula is C19H22N3O3+. The van der Waals surface area contributed by atoms with Crippen molar-refractivity contribution in [3.8, 4) is 0 Å². The zero-order chi connectivity index (χ0) is 17.8. The third kappa shape index (κ3) is 3.85. The molecule has 2 aromatic carbocycles. The number of piperazine rings is 1. The summed E-state index contributed by atoms with van der Waals surface area (Å²) in [6.07, 6.45) is 0. The maximum Gasteiger partial charge on any atom is 0.273 e. The number of nitrogens with one attached hydrogen (secondary N) is 1. The largest absolute Gasteiger partial charge is 0.328 e. The highest BCUT2D eigenvalue weighted by molar-refractivity contribution is 5.96. The van der Waals surface area contributed by atoms with Gasteiger partial charge in [0, 0.05) is 22.8 Å². The highest BCUT2D eigenvalue weighted by atomic mass is 16.6. The highest BCUT2D eigenvalue weighted by Gasteiger charge is 2.27. The van der Waals surface area contributed by atoms with Gasteiger partial charge in [0.2, 0.25) is 0 Å². The molecule has 1 heterocycles. The van der Waals surface area contributed by atoms with Crippen molar-refractivity contribution in [2.75, 3.05) is 26.2 Å². The molecule has 1 aliphatic heterocycles. The Morgan fingerprint density at radius 1 is 1.12 bits per heavy atom. The van der Waals surface area contributed by atoms with Crippen molar-refractivity contribution >= 4 is 11.6 Å². The van der Waals surface area contributed by atoms with Gasteiger partial charge < -0.3 is 9.80 Å². The van der Waals surface area contributed by atoms with E-state index in [2.05, 4.69) is 12.1 Å². The number of carbonyl (C=O) groups excluding carboxylic acids is 1. The lowest BCUT2D eigenvalue weighted by Gasteiger charge is -2.32. The Labute approximate surface area is 146 Å². The molecule has 0 aliphatic carbocycles. The van der Waals surface area contributed by atoms with Gasteiger partial charge in [0.05, 0.1) is 31.1 Å². The molecule has 2 aromatic rings. The Balaban J connectivity index is 1.64. The van der Waals surface area contributed by atoms with Gasteiger partial charge in [0.1, 0.15) is 6.54 Å². The second-order valence-corrected chi connectivity index (χ2v) is 6.41. The molecule has 6 heteroatoms. The first-order valence-corrected chi connectivity index (χ1v) is 8.47. The summed E-state index contributed by atoms with van der Waals surface area (Å²) in [6, 6.07) is 15.0. The molecule has 0 radical (unpaired) electrons. The van der Waals surface area contributed by atoms with Crippen molar-refractivity contribution in [2.45, 2.75) is 13.5 Å². The molecule has 0 aromatic heterocycles. The molecule has 130 valence electrons. The van der Waals surface area contributed by atoms with Crippen LogP contribution in [-0.2, 0) is 6.54 Å². The Kier molecular flexibility index (Phi) is 5.09. The molecule has 0 atom stereocenters. The predicted molar refractivity (Wildman–Crippen MR) is 94.6 cm³/mol. The maximum atomic E-state index is 12.8. The number of carbonyl (C=O) groups is 1. The van der Waals surface area contributed by atoms with E-state index < -0.39 is 4.92 Å². The van der Waals surface area contributed by atoms with Crippen molar-refractivity contribution < 1.29 is 14.6 Å². The highest BCUT2D eigenvalue weighted by Crippen LogP contribution is 2.22. The van der Waals surface area contributed by atoms with E-state index in [1.165, 1.54) is 16.5 Å². The molecule has 0 saturated carbocycles. The number of rotatable bonds is 4. The van der Waals surface area contributed by atoms with E-state index in [-0.39, 0.29) is 11.6 Å². The number of quaternary nitrogens is 1. The molecule has 1 N–H and O–H groups in total. The number of benzene rings is 2. The van der Waals surface area contributed by atoms with Crippen molar-refractivity contribution in [3.63, 3.8) is 0 Å². The van der Waals surface area contributed by atoms with Gasteiger partial charge in [0.15, 0.2) is 0 Å². The monoisotopic (exact) mass is 340 g/mol. The number of hydrogen-bond donors (Lipinski definition) is 1. The fourth-order valence-electron chi connectivity index (χ4n) is 3.31. The zero-order valence-electron chi connectivity index (χ0n) is 14.3. The third-order valence-electron chi connectivity index (χ3n) is 4.79. The first-order valence-electron chi connectivity index (χ1n) is 8.47. The minimum Gasteiger partial charge on any atom is -0.328 e. The molecular weight excluding hydrogens is 318 g/mol. The van der Waals surface area contributed by atoms with E-state index in [4.69, 9.17) is 0 Å². The number of nitro benzene ring substituents is 1. The zero-order valence-corrected chi connectivity index (χ0v) is 14.3. The van der Waals surface area contributed by atoms with Crippen molar-refractivity contribution in [3.05, 3.63) is 75.3 Å². The quantitative estimate of drug-likeness (QED) is 0.676. The predicted octanol–water partition coefficient (Wildman–Crippen LogP) is 1.44. The number of hydrogen-bond acceptors (Lipinski definition) is 3.